The maximum Gasteiger partial charge on any atom is 0.241 e. The molecular formula is C12H18N2O2. The van der Waals surface area contributed by atoms with Crippen molar-refractivity contribution in [2.24, 2.45) is 11.7 Å². The van der Waals surface area contributed by atoms with Crippen molar-refractivity contribution in [2.75, 3.05) is 5.32 Å². The number of aliphatic hydroxyl groups is 1. The molecule has 4 heteroatoms. The molecule has 1 aromatic carbocycles. The van der Waals surface area contributed by atoms with Gasteiger partial charge in [-0.25, -0.2) is 0 Å². The van der Waals surface area contributed by atoms with E-state index in [0.29, 0.717) is 5.69 Å². The fourth-order valence-corrected chi connectivity index (χ4v) is 1.28. The Labute approximate surface area is 95.5 Å². The molecule has 1 unspecified atom stereocenters. The minimum atomic E-state index is -0.516. The zero-order chi connectivity index (χ0) is 12.1. The molecule has 1 atom stereocenters. The standard InChI is InChI=1S/C12H18N2O2/c1-8(2)11(13)12(16)14-10-5-3-4-9(6-10)7-15/h3-6,8,11,15H,7,13H2,1-2H3,(H,14,16). The Morgan fingerprint density at radius 2 is 2.19 bits per heavy atom. The zero-order valence-corrected chi connectivity index (χ0v) is 9.60. The Kier molecular flexibility index (Phi) is 4.46. The summed E-state index contributed by atoms with van der Waals surface area (Å²) < 4.78 is 0. The number of amides is 1. The van der Waals surface area contributed by atoms with Gasteiger partial charge < -0.3 is 16.2 Å². The highest BCUT2D eigenvalue weighted by molar-refractivity contribution is 5.94. The first-order chi connectivity index (χ1) is 7.54. The summed E-state index contributed by atoms with van der Waals surface area (Å²) in [5.74, 6) is -0.105. The van der Waals surface area contributed by atoms with Crippen LogP contribution in [0.25, 0.3) is 0 Å². The van der Waals surface area contributed by atoms with E-state index in [0.717, 1.165) is 5.56 Å². The number of anilines is 1. The fourth-order valence-electron chi connectivity index (χ4n) is 1.28. The van der Waals surface area contributed by atoms with Crippen molar-refractivity contribution in [1.29, 1.82) is 0 Å². The smallest absolute Gasteiger partial charge is 0.241 e. The lowest BCUT2D eigenvalue weighted by Gasteiger charge is -2.15. The van der Waals surface area contributed by atoms with Crippen LogP contribution in [-0.4, -0.2) is 17.1 Å². The van der Waals surface area contributed by atoms with Gasteiger partial charge in [0.15, 0.2) is 0 Å². The summed E-state index contributed by atoms with van der Waals surface area (Å²) in [6.45, 7) is 3.75. The number of aliphatic hydroxyl groups excluding tert-OH is 1. The van der Waals surface area contributed by atoms with E-state index in [9.17, 15) is 4.79 Å². The number of carbonyl (C=O) groups is 1. The largest absolute Gasteiger partial charge is 0.392 e. The van der Waals surface area contributed by atoms with Gasteiger partial charge in [0.05, 0.1) is 12.6 Å². The molecule has 0 aliphatic rings. The van der Waals surface area contributed by atoms with E-state index >= 15 is 0 Å². The molecule has 0 saturated carbocycles. The summed E-state index contributed by atoms with van der Waals surface area (Å²) in [5.41, 5.74) is 7.14. The molecule has 0 heterocycles. The Bertz CT molecular complexity index is 364. The molecule has 4 N–H and O–H groups in total. The lowest BCUT2D eigenvalue weighted by molar-refractivity contribution is -0.118. The van der Waals surface area contributed by atoms with Crippen molar-refractivity contribution in [1.82, 2.24) is 0 Å². The molecule has 1 rings (SSSR count). The van der Waals surface area contributed by atoms with Gasteiger partial charge in [-0.3, -0.25) is 4.79 Å². The Balaban J connectivity index is 2.69. The molecule has 0 aliphatic heterocycles. The number of hydrogen-bond donors (Lipinski definition) is 3. The van der Waals surface area contributed by atoms with E-state index in [-0.39, 0.29) is 18.4 Å². The summed E-state index contributed by atoms with van der Waals surface area (Å²) in [4.78, 5) is 11.7. The van der Waals surface area contributed by atoms with Gasteiger partial charge in [-0.1, -0.05) is 26.0 Å². The van der Waals surface area contributed by atoms with Crippen molar-refractivity contribution in [3.63, 3.8) is 0 Å². The molecule has 0 aliphatic carbocycles. The van der Waals surface area contributed by atoms with Gasteiger partial charge in [0.25, 0.3) is 0 Å². The number of hydrogen-bond acceptors (Lipinski definition) is 3. The zero-order valence-electron chi connectivity index (χ0n) is 9.60. The Morgan fingerprint density at radius 3 is 2.75 bits per heavy atom. The summed E-state index contributed by atoms with van der Waals surface area (Å²) in [7, 11) is 0. The minimum Gasteiger partial charge on any atom is -0.392 e. The molecule has 0 spiro atoms. The van der Waals surface area contributed by atoms with Crippen LogP contribution in [0, 0.1) is 5.92 Å². The van der Waals surface area contributed by atoms with Gasteiger partial charge in [-0.15, -0.1) is 0 Å². The average molecular weight is 222 g/mol. The van der Waals surface area contributed by atoms with Crippen molar-refractivity contribution in [2.45, 2.75) is 26.5 Å². The van der Waals surface area contributed by atoms with E-state index in [1.165, 1.54) is 0 Å². The predicted molar refractivity (Wildman–Crippen MR) is 63.8 cm³/mol. The molecular weight excluding hydrogens is 204 g/mol. The second-order valence-corrected chi connectivity index (χ2v) is 4.12. The predicted octanol–water partition coefficient (Wildman–Crippen LogP) is 1.10. The molecule has 1 amide bonds. The molecule has 0 fully saturated rings. The fraction of sp³-hybridized carbons (Fsp3) is 0.417. The summed E-state index contributed by atoms with van der Waals surface area (Å²) in [6.07, 6.45) is 0. The number of carbonyl (C=O) groups excluding carboxylic acids is 1. The van der Waals surface area contributed by atoms with Gasteiger partial charge in [-0.2, -0.15) is 0 Å². The average Bonchev–Trinajstić information content (AvgIpc) is 2.28. The van der Waals surface area contributed by atoms with Crippen LogP contribution in [0.1, 0.15) is 19.4 Å². The van der Waals surface area contributed by atoms with Crippen molar-refractivity contribution in [3.05, 3.63) is 29.8 Å². The van der Waals surface area contributed by atoms with E-state index in [1.807, 2.05) is 13.8 Å². The molecule has 88 valence electrons. The molecule has 1 aromatic rings. The lowest BCUT2D eigenvalue weighted by atomic mass is 10.0. The second-order valence-electron chi connectivity index (χ2n) is 4.12. The highest BCUT2D eigenvalue weighted by atomic mass is 16.3. The molecule has 16 heavy (non-hydrogen) atoms. The van der Waals surface area contributed by atoms with Crippen molar-refractivity contribution < 1.29 is 9.90 Å². The van der Waals surface area contributed by atoms with Crippen molar-refractivity contribution in [3.8, 4) is 0 Å². The lowest BCUT2D eigenvalue weighted by Crippen LogP contribution is -2.39. The Morgan fingerprint density at radius 1 is 1.50 bits per heavy atom. The van der Waals surface area contributed by atoms with Crippen LogP contribution in [0.15, 0.2) is 24.3 Å². The maximum absolute atomic E-state index is 11.7. The molecule has 0 bridgehead atoms. The molecule has 0 radical (unpaired) electrons. The summed E-state index contributed by atoms with van der Waals surface area (Å²) in [5, 5.41) is 11.7. The molecule has 4 nitrogen and oxygen atoms in total. The van der Waals surface area contributed by atoms with Crippen LogP contribution in [0.2, 0.25) is 0 Å². The van der Waals surface area contributed by atoms with Gasteiger partial charge in [0, 0.05) is 5.69 Å². The highest BCUT2D eigenvalue weighted by Gasteiger charge is 2.16. The first-order valence-corrected chi connectivity index (χ1v) is 5.31. The normalized spacial score (nSPS) is 12.6. The quantitative estimate of drug-likeness (QED) is 0.714. The van der Waals surface area contributed by atoms with Crippen LogP contribution >= 0.6 is 0 Å². The number of nitrogens with two attached hydrogens (primary N) is 1. The van der Waals surface area contributed by atoms with Crippen LogP contribution in [0.3, 0.4) is 0 Å². The number of rotatable bonds is 4. The van der Waals surface area contributed by atoms with Gasteiger partial charge in [0.2, 0.25) is 5.91 Å². The minimum absolute atomic E-state index is 0.0417. The monoisotopic (exact) mass is 222 g/mol. The van der Waals surface area contributed by atoms with Gasteiger partial charge >= 0.3 is 0 Å². The van der Waals surface area contributed by atoms with E-state index in [4.69, 9.17) is 10.8 Å². The molecule has 0 saturated heterocycles. The number of nitrogens with one attached hydrogen (secondary N) is 1. The van der Waals surface area contributed by atoms with Gasteiger partial charge in [-0.05, 0) is 23.6 Å². The van der Waals surface area contributed by atoms with Crippen LogP contribution in [0.4, 0.5) is 5.69 Å². The summed E-state index contributed by atoms with van der Waals surface area (Å²) >= 11 is 0. The Hall–Kier alpha value is -1.39. The first-order valence-electron chi connectivity index (χ1n) is 5.31. The van der Waals surface area contributed by atoms with Gasteiger partial charge in [0.1, 0.15) is 0 Å². The third-order valence-electron chi connectivity index (χ3n) is 2.40. The second kappa shape index (κ2) is 5.63. The third-order valence-corrected chi connectivity index (χ3v) is 2.40. The topological polar surface area (TPSA) is 75.4 Å². The van der Waals surface area contributed by atoms with Crippen LogP contribution < -0.4 is 11.1 Å². The van der Waals surface area contributed by atoms with E-state index in [2.05, 4.69) is 5.32 Å². The third kappa shape index (κ3) is 3.32. The van der Waals surface area contributed by atoms with E-state index < -0.39 is 6.04 Å². The molecule has 0 aromatic heterocycles. The van der Waals surface area contributed by atoms with Crippen molar-refractivity contribution >= 4 is 11.6 Å². The van der Waals surface area contributed by atoms with Crippen LogP contribution in [0.5, 0.6) is 0 Å². The van der Waals surface area contributed by atoms with E-state index in [1.54, 1.807) is 24.3 Å². The highest BCUT2D eigenvalue weighted by Crippen LogP contribution is 2.11. The maximum atomic E-state index is 11.7. The summed E-state index contributed by atoms with van der Waals surface area (Å²) in [6, 6.07) is 6.55. The van der Waals surface area contributed by atoms with Crippen LogP contribution in [-0.2, 0) is 11.4 Å². The number of benzene rings is 1. The SMILES string of the molecule is CC(C)C(N)C(=O)Nc1cccc(CO)c1. The first kappa shape index (κ1) is 12.7.